The van der Waals surface area contributed by atoms with Crippen molar-refractivity contribution in [2.45, 2.75) is 38.7 Å². The fourth-order valence-electron chi connectivity index (χ4n) is 4.43. The highest BCUT2D eigenvalue weighted by molar-refractivity contribution is 5.92. The van der Waals surface area contributed by atoms with Crippen LogP contribution in [0.25, 0.3) is 22.2 Å². The summed E-state index contributed by atoms with van der Waals surface area (Å²) in [6.45, 7) is 1.94. The van der Waals surface area contributed by atoms with Crippen LogP contribution < -0.4 is 14.8 Å². The average Bonchev–Trinajstić information content (AvgIpc) is 3.19. The van der Waals surface area contributed by atoms with E-state index in [-0.39, 0.29) is 41.5 Å². The number of aryl methyl sites for hydroxylation is 1. The Morgan fingerprint density at radius 1 is 1.13 bits per heavy atom. The lowest BCUT2D eigenvalue weighted by Crippen LogP contribution is -2.25. The summed E-state index contributed by atoms with van der Waals surface area (Å²) in [5.41, 5.74) is 0.778. The fraction of sp³-hybridized carbons (Fsp3) is 0.296. The summed E-state index contributed by atoms with van der Waals surface area (Å²) >= 11 is 0. The number of anilines is 1. The fourth-order valence-corrected chi connectivity index (χ4v) is 4.43. The van der Waals surface area contributed by atoms with Gasteiger partial charge >= 0.3 is 5.97 Å². The zero-order valence-corrected chi connectivity index (χ0v) is 20.6. The first-order valence-electron chi connectivity index (χ1n) is 12.0. The number of aromatic nitrogens is 2. The van der Waals surface area contributed by atoms with Crippen LogP contribution in [0.1, 0.15) is 40.9 Å². The van der Waals surface area contributed by atoms with E-state index >= 15 is 0 Å². The summed E-state index contributed by atoms with van der Waals surface area (Å²) in [6.07, 6.45) is 3.95. The third kappa shape index (κ3) is 4.71. The lowest BCUT2D eigenvalue weighted by atomic mass is 9.96. The molecule has 1 aliphatic rings. The van der Waals surface area contributed by atoms with Crippen molar-refractivity contribution in [3.05, 3.63) is 64.9 Å². The molecule has 2 heterocycles. The smallest absolute Gasteiger partial charge is 0.342 e. The second-order valence-electron chi connectivity index (χ2n) is 8.99. The number of furan rings is 1. The molecule has 0 bridgehead atoms. The van der Waals surface area contributed by atoms with Gasteiger partial charge in [-0.1, -0.05) is 0 Å². The Labute approximate surface area is 215 Å². The molecular weight excluding hydrogens is 503 g/mol. The molecule has 1 saturated carbocycles. The van der Waals surface area contributed by atoms with Gasteiger partial charge in [0, 0.05) is 29.8 Å². The van der Waals surface area contributed by atoms with Crippen molar-refractivity contribution in [2.24, 2.45) is 0 Å². The second-order valence-corrected chi connectivity index (χ2v) is 8.99. The molecular formula is C27H24F3N3O5. The van der Waals surface area contributed by atoms with E-state index in [1.54, 1.807) is 13.0 Å². The van der Waals surface area contributed by atoms with Crippen LogP contribution in [-0.4, -0.2) is 40.8 Å². The number of carboxylic acids is 1. The quantitative estimate of drug-likeness (QED) is 0.277. The predicted molar refractivity (Wildman–Crippen MR) is 132 cm³/mol. The Kier molecular flexibility index (Phi) is 6.83. The number of nitrogens with one attached hydrogen (secondary N) is 1. The highest BCUT2D eigenvalue weighted by Gasteiger charge is 2.26. The van der Waals surface area contributed by atoms with Crippen molar-refractivity contribution in [3.63, 3.8) is 0 Å². The number of hydrogen-bond donors (Lipinski definition) is 2. The van der Waals surface area contributed by atoms with Gasteiger partial charge in [-0.25, -0.2) is 27.9 Å². The molecule has 2 aromatic carbocycles. The van der Waals surface area contributed by atoms with Crippen LogP contribution in [-0.2, 0) is 6.42 Å². The molecule has 0 atom stereocenters. The Hall–Kier alpha value is -4.28. The first-order chi connectivity index (χ1) is 18.3. The lowest BCUT2D eigenvalue weighted by molar-refractivity contribution is 0.0673. The van der Waals surface area contributed by atoms with Crippen LogP contribution in [0.5, 0.6) is 11.5 Å². The Morgan fingerprint density at radius 2 is 1.92 bits per heavy atom. The summed E-state index contributed by atoms with van der Waals surface area (Å²) in [5.74, 6) is -3.50. The first-order valence-corrected chi connectivity index (χ1v) is 12.0. The van der Waals surface area contributed by atoms with E-state index in [9.17, 15) is 23.1 Å². The number of ether oxygens (including phenoxy) is 2. The third-order valence-electron chi connectivity index (χ3n) is 6.60. The zero-order chi connectivity index (χ0) is 27.0. The van der Waals surface area contributed by atoms with Gasteiger partial charge in [-0.05, 0) is 44.7 Å². The average molecular weight is 527 g/mol. The van der Waals surface area contributed by atoms with E-state index in [0.29, 0.717) is 28.4 Å². The number of nitrogens with zero attached hydrogens (tertiary/aromatic N) is 2. The maximum atomic E-state index is 14.8. The van der Waals surface area contributed by atoms with E-state index in [2.05, 4.69) is 15.3 Å². The van der Waals surface area contributed by atoms with Crippen molar-refractivity contribution in [1.29, 1.82) is 0 Å². The van der Waals surface area contributed by atoms with Crippen LogP contribution >= 0.6 is 0 Å². The van der Waals surface area contributed by atoms with Gasteiger partial charge in [0.2, 0.25) is 0 Å². The van der Waals surface area contributed by atoms with Crippen LogP contribution in [0.2, 0.25) is 0 Å². The molecule has 0 unspecified atom stereocenters. The molecule has 1 aliphatic carbocycles. The van der Waals surface area contributed by atoms with E-state index in [1.165, 1.54) is 19.5 Å². The zero-order valence-electron chi connectivity index (χ0n) is 20.6. The van der Waals surface area contributed by atoms with E-state index in [4.69, 9.17) is 13.9 Å². The molecule has 2 N–H and O–H groups in total. The van der Waals surface area contributed by atoms with Crippen LogP contribution in [0.4, 0.5) is 19.0 Å². The minimum Gasteiger partial charge on any atom is -0.493 e. The molecule has 198 valence electrons. The number of fused-ring (bicyclic) bond motifs is 1. The Morgan fingerprint density at radius 3 is 2.61 bits per heavy atom. The topological polar surface area (TPSA) is 107 Å². The molecule has 1 fully saturated rings. The molecule has 4 aromatic rings. The highest BCUT2D eigenvalue weighted by atomic mass is 19.2. The van der Waals surface area contributed by atoms with Crippen LogP contribution in [0, 0.1) is 24.4 Å². The largest absolute Gasteiger partial charge is 0.493 e. The second kappa shape index (κ2) is 10.2. The van der Waals surface area contributed by atoms with Crippen molar-refractivity contribution < 1.29 is 37.0 Å². The number of halogens is 3. The Bertz CT molecular complexity index is 1530. The molecule has 0 radical (unpaired) electrons. The lowest BCUT2D eigenvalue weighted by Gasteiger charge is -2.27. The van der Waals surface area contributed by atoms with Crippen molar-refractivity contribution >= 4 is 22.8 Å². The number of carbonyl (C=O) groups is 1. The Balaban J connectivity index is 1.37. The van der Waals surface area contributed by atoms with Gasteiger partial charge in [0.1, 0.15) is 35.0 Å². The standard InChI is InChI=1S/C27H24F3N3O5/c1-13-16(23-25(30)18(29)10-21(36-2)26(23)37-13)6-7-31-22-11-19(32-12-33-22)14-8-17(28)24(27(34)35)20(9-14)38-15-4-3-5-15/h8-12,15H,3-7H2,1-2H3,(H,34,35)(H,31,32,33). The molecule has 11 heteroatoms. The summed E-state index contributed by atoms with van der Waals surface area (Å²) < 4.78 is 60.0. The van der Waals surface area contributed by atoms with Gasteiger partial charge in [0.15, 0.2) is 23.0 Å². The number of carboxylic acid groups (broad SMARTS) is 1. The number of rotatable bonds is 9. The van der Waals surface area contributed by atoms with E-state index < -0.39 is 29.0 Å². The number of methoxy groups -OCH3 is 1. The van der Waals surface area contributed by atoms with Gasteiger partial charge in [-0.3, -0.25) is 0 Å². The maximum absolute atomic E-state index is 14.8. The number of aromatic carboxylic acids is 1. The normalized spacial score (nSPS) is 13.4. The third-order valence-corrected chi connectivity index (χ3v) is 6.60. The van der Waals surface area contributed by atoms with E-state index in [0.717, 1.165) is 31.4 Å². The summed E-state index contributed by atoms with van der Waals surface area (Å²) in [4.78, 5) is 20.0. The van der Waals surface area contributed by atoms with E-state index in [1.807, 2.05) is 0 Å². The number of hydrogen-bond acceptors (Lipinski definition) is 7. The minimum absolute atomic E-state index is 0.0255. The van der Waals surface area contributed by atoms with Crippen LogP contribution in [0.3, 0.4) is 0 Å². The van der Waals surface area contributed by atoms with Crippen molar-refractivity contribution in [2.75, 3.05) is 19.0 Å². The maximum Gasteiger partial charge on any atom is 0.342 e. The number of benzene rings is 2. The summed E-state index contributed by atoms with van der Waals surface area (Å²) in [5, 5.41) is 12.6. The van der Waals surface area contributed by atoms with Gasteiger partial charge < -0.3 is 24.3 Å². The van der Waals surface area contributed by atoms with Gasteiger partial charge in [-0.15, -0.1) is 0 Å². The predicted octanol–water partition coefficient (Wildman–Crippen LogP) is 5.91. The summed E-state index contributed by atoms with van der Waals surface area (Å²) in [6, 6.07) is 5.07. The van der Waals surface area contributed by atoms with Crippen molar-refractivity contribution in [1.82, 2.24) is 9.97 Å². The molecule has 0 spiro atoms. The molecule has 38 heavy (non-hydrogen) atoms. The van der Waals surface area contributed by atoms with Gasteiger partial charge in [0.05, 0.1) is 24.3 Å². The molecule has 0 amide bonds. The highest BCUT2D eigenvalue weighted by Crippen LogP contribution is 2.37. The molecule has 0 aliphatic heterocycles. The summed E-state index contributed by atoms with van der Waals surface area (Å²) in [7, 11) is 1.35. The minimum atomic E-state index is -1.41. The first kappa shape index (κ1) is 25.4. The monoisotopic (exact) mass is 527 g/mol. The molecule has 5 rings (SSSR count). The van der Waals surface area contributed by atoms with Crippen molar-refractivity contribution in [3.8, 4) is 22.8 Å². The van der Waals surface area contributed by atoms with Crippen LogP contribution in [0.15, 0.2) is 35.0 Å². The molecule has 8 nitrogen and oxygen atoms in total. The van der Waals surface area contributed by atoms with Gasteiger partial charge in [0.25, 0.3) is 0 Å². The molecule has 0 saturated heterocycles. The van der Waals surface area contributed by atoms with Gasteiger partial charge in [-0.2, -0.15) is 0 Å². The SMILES string of the molecule is COc1cc(F)c(F)c2c(CCNc3cc(-c4cc(F)c(C(=O)O)c(OC5CCC5)c4)ncn3)c(C)oc12. The molecule has 2 aromatic heterocycles.